The predicted molar refractivity (Wildman–Crippen MR) is 80.6 cm³/mol. The zero-order valence-corrected chi connectivity index (χ0v) is 12.5. The Balaban J connectivity index is 1.34. The van der Waals surface area contributed by atoms with Gasteiger partial charge in [0.2, 0.25) is 5.88 Å². The molecule has 5 nitrogen and oxygen atoms in total. The molecule has 2 saturated heterocycles. The summed E-state index contributed by atoms with van der Waals surface area (Å²) in [6, 6.07) is 7.75. The molecular weight excluding hydrogens is 280 g/mol. The molecule has 2 atom stereocenters. The molecule has 4 rings (SSSR count). The number of likely N-dealkylation sites (tertiary alicyclic amines) is 1. The minimum Gasteiger partial charge on any atom is -0.472 e. The monoisotopic (exact) mass is 300 g/mol. The number of furan rings is 1. The molecule has 0 amide bonds. The molecule has 116 valence electrons. The van der Waals surface area contributed by atoms with Crippen LogP contribution in [0.1, 0.15) is 18.4 Å². The van der Waals surface area contributed by atoms with Gasteiger partial charge in [-0.25, -0.2) is 4.98 Å². The third kappa shape index (κ3) is 2.87. The normalized spacial score (nSPS) is 28.5. The van der Waals surface area contributed by atoms with Crippen LogP contribution in [0, 0.1) is 0 Å². The second-order valence-corrected chi connectivity index (χ2v) is 6.20. The SMILES string of the molecule is c1ccc(O[C@H]2CO[C@@]3(CCN(Cc4ccoc4)C3)C2)nc1. The smallest absolute Gasteiger partial charge is 0.213 e. The van der Waals surface area contributed by atoms with Crippen LogP contribution in [0.5, 0.6) is 5.88 Å². The molecule has 2 aromatic rings. The number of hydrogen-bond acceptors (Lipinski definition) is 5. The fourth-order valence-corrected chi connectivity index (χ4v) is 3.45. The van der Waals surface area contributed by atoms with Gasteiger partial charge < -0.3 is 13.9 Å². The summed E-state index contributed by atoms with van der Waals surface area (Å²) in [5.41, 5.74) is 1.17. The van der Waals surface area contributed by atoms with Crippen molar-refractivity contribution in [3.05, 3.63) is 48.6 Å². The first-order valence-corrected chi connectivity index (χ1v) is 7.76. The van der Waals surface area contributed by atoms with Crippen molar-refractivity contribution in [1.29, 1.82) is 0 Å². The Morgan fingerprint density at radius 1 is 1.36 bits per heavy atom. The zero-order valence-electron chi connectivity index (χ0n) is 12.5. The average Bonchev–Trinajstić information content (AvgIpc) is 3.25. The molecule has 2 aromatic heterocycles. The van der Waals surface area contributed by atoms with E-state index < -0.39 is 0 Å². The molecule has 2 fully saturated rings. The summed E-state index contributed by atoms with van der Waals surface area (Å²) >= 11 is 0. The number of hydrogen-bond donors (Lipinski definition) is 0. The minimum absolute atomic E-state index is 0.0524. The predicted octanol–water partition coefficient (Wildman–Crippen LogP) is 2.49. The molecule has 4 heterocycles. The Morgan fingerprint density at radius 2 is 2.36 bits per heavy atom. The first kappa shape index (κ1) is 13.8. The van der Waals surface area contributed by atoms with Crippen molar-refractivity contribution in [3.63, 3.8) is 0 Å². The number of ether oxygens (including phenoxy) is 2. The van der Waals surface area contributed by atoms with Gasteiger partial charge in [-0.1, -0.05) is 6.07 Å². The highest BCUT2D eigenvalue weighted by Crippen LogP contribution is 2.36. The van der Waals surface area contributed by atoms with Crippen LogP contribution in [0.25, 0.3) is 0 Å². The molecule has 2 aliphatic heterocycles. The van der Waals surface area contributed by atoms with Crippen LogP contribution < -0.4 is 4.74 Å². The Labute approximate surface area is 129 Å². The molecule has 0 bridgehead atoms. The molecule has 2 aliphatic rings. The lowest BCUT2D eigenvalue weighted by molar-refractivity contribution is 0.00922. The fourth-order valence-electron chi connectivity index (χ4n) is 3.45. The Bertz CT molecular complexity index is 602. The van der Waals surface area contributed by atoms with Gasteiger partial charge in [0.25, 0.3) is 0 Å². The highest BCUT2D eigenvalue weighted by Gasteiger charge is 2.46. The van der Waals surface area contributed by atoms with Gasteiger partial charge in [0.05, 0.1) is 24.7 Å². The van der Waals surface area contributed by atoms with E-state index in [-0.39, 0.29) is 11.7 Å². The van der Waals surface area contributed by atoms with E-state index in [2.05, 4.69) is 9.88 Å². The second kappa shape index (κ2) is 5.74. The number of rotatable bonds is 4. The van der Waals surface area contributed by atoms with Crippen molar-refractivity contribution in [2.75, 3.05) is 19.7 Å². The van der Waals surface area contributed by atoms with Gasteiger partial charge in [-0.2, -0.15) is 0 Å². The van der Waals surface area contributed by atoms with E-state index in [0.29, 0.717) is 12.5 Å². The van der Waals surface area contributed by atoms with Crippen molar-refractivity contribution in [1.82, 2.24) is 9.88 Å². The first-order valence-electron chi connectivity index (χ1n) is 7.76. The molecule has 0 N–H and O–H groups in total. The Hall–Kier alpha value is -1.85. The maximum atomic E-state index is 6.12. The second-order valence-electron chi connectivity index (χ2n) is 6.20. The molecule has 0 saturated carbocycles. The first-order chi connectivity index (χ1) is 10.8. The summed E-state index contributed by atoms with van der Waals surface area (Å²) in [6.07, 6.45) is 7.39. The Kier molecular flexibility index (Phi) is 3.60. The number of pyridine rings is 1. The molecule has 22 heavy (non-hydrogen) atoms. The van der Waals surface area contributed by atoms with E-state index in [1.165, 1.54) is 5.56 Å². The van der Waals surface area contributed by atoms with Crippen molar-refractivity contribution in [2.45, 2.75) is 31.1 Å². The quantitative estimate of drug-likeness (QED) is 0.868. The molecule has 0 radical (unpaired) electrons. The largest absolute Gasteiger partial charge is 0.472 e. The van der Waals surface area contributed by atoms with Crippen LogP contribution in [0.4, 0.5) is 0 Å². The molecule has 0 aliphatic carbocycles. The summed E-state index contributed by atoms with van der Waals surface area (Å²) in [5, 5.41) is 0. The van der Waals surface area contributed by atoms with Crippen LogP contribution in [-0.2, 0) is 11.3 Å². The summed E-state index contributed by atoms with van der Waals surface area (Å²) in [7, 11) is 0. The Morgan fingerprint density at radius 3 is 3.18 bits per heavy atom. The van der Waals surface area contributed by atoms with E-state index in [1.807, 2.05) is 30.5 Å². The lowest BCUT2D eigenvalue weighted by Crippen LogP contribution is -2.33. The van der Waals surface area contributed by atoms with Crippen LogP contribution in [-0.4, -0.2) is 41.3 Å². The lowest BCUT2D eigenvalue weighted by atomic mass is 9.98. The topological polar surface area (TPSA) is 47.7 Å². The fraction of sp³-hybridized carbons (Fsp3) is 0.471. The molecule has 5 heteroatoms. The van der Waals surface area contributed by atoms with Gasteiger partial charge in [-0.15, -0.1) is 0 Å². The van der Waals surface area contributed by atoms with Crippen molar-refractivity contribution >= 4 is 0 Å². The van der Waals surface area contributed by atoms with E-state index >= 15 is 0 Å². The van der Waals surface area contributed by atoms with Gasteiger partial charge in [-0.05, 0) is 18.6 Å². The van der Waals surface area contributed by atoms with E-state index in [4.69, 9.17) is 13.9 Å². The van der Waals surface area contributed by atoms with Crippen molar-refractivity contribution in [3.8, 4) is 5.88 Å². The van der Waals surface area contributed by atoms with Gasteiger partial charge >= 0.3 is 0 Å². The van der Waals surface area contributed by atoms with Gasteiger partial charge in [0.15, 0.2) is 0 Å². The van der Waals surface area contributed by atoms with E-state index in [9.17, 15) is 0 Å². The van der Waals surface area contributed by atoms with Gasteiger partial charge in [0, 0.05) is 43.9 Å². The summed E-state index contributed by atoms with van der Waals surface area (Å²) < 4.78 is 17.2. The molecule has 1 spiro atoms. The van der Waals surface area contributed by atoms with Crippen LogP contribution in [0.15, 0.2) is 47.4 Å². The van der Waals surface area contributed by atoms with E-state index in [1.54, 1.807) is 12.5 Å². The molecular formula is C17H20N2O3. The maximum absolute atomic E-state index is 6.12. The minimum atomic E-state index is -0.0524. The van der Waals surface area contributed by atoms with E-state index in [0.717, 1.165) is 32.5 Å². The third-order valence-electron chi connectivity index (χ3n) is 4.48. The summed E-state index contributed by atoms with van der Waals surface area (Å²) in [4.78, 5) is 6.65. The third-order valence-corrected chi connectivity index (χ3v) is 4.48. The van der Waals surface area contributed by atoms with Crippen molar-refractivity contribution < 1.29 is 13.9 Å². The van der Waals surface area contributed by atoms with Gasteiger partial charge in [0.1, 0.15) is 6.10 Å². The van der Waals surface area contributed by atoms with Crippen LogP contribution in [0.3, 0.4) is 0 Å². The zero-order chi connectivity index (χ0) is 14.8. The highest BCUT2D eigenvalue weighted by molar-refractivity contribution is 5.11. The molecule has 0 unspecified atom stereocenters. The summed E-state index contributed by atoms with van der Waals surface area (Å²) in [6.45, 7) is 3.59. The van der Waals surface area contributed by atoms with Crippen molar-refractivity contribution in [2.24, 2.45) is 0 Å². The maximum Gasteiger partial charge on any atom is 0.213 e. The number of nitrogens with zero attached hydrogens (tertiary/aromatic N) is 2. The highest BCUT2D eigenvalue weighted by atomic mass is 16.6. The lowest BCUT2D eigenvalue weighted by Gasteiger charge is -2.23. The number of aromatic nitrogens is 1. The molecule has 0 aromatic carbocycles. The van der Waals surface area contributed by atoms with Crippen LogP contribution in [0.2, 0.25) is 0 Å². The summed E-state index contributed by atoms with van der Waals surface area (Å²) in [5.74, 6) is 0.682. The van der Waals surface area contributed by atoms with Crippen LogP contribution >= 0.6 is 0 Å². The average molecular weight is 300 g/mol. The standard InChI is InChI=1S/C17H20N2O3/c1-2-6-18-16(3-1)22-15-9-17(21-12-15)5-7-19(13-17)10-14-4-8-20-11-14/h1-4,6,8,11,15H,5,7,9-10,12-13H2/t15-,17+/m1/s1. The van der Waals surface area contributed by atoms with Gasteiger partial charge in [-0.3, -0.25) is 4.90 Å².